The maximum Gasteiger partial charge on any atom is 0.243 e. The van der Waals surface area contributed by atoms with Crippen molar-refractivity contribution in [1.82, 2.24) is 5.32 Å². The fourth-order valence-corrected chi connectivity index (χ4v) is 4.75. The lowest BCUT2D eigenvalue weighted by Gasteiger charge is -2.29. The Bertz CT molecular complexity index is 907. The predicted octanol–water partition coefficient (Wildman–Crippen LogP) is 3.41. The predicted molar refractivity (Wildman–Crippen MR) is 115 cm³/mol. The van der Waals surface area contributed by atoms with E-state index in [0.29, 0.717) is 23.1 Å². The van der Waals surface area contributed by atoms with E-state index in [4.69, 9.17) is 16.3 Å². The standard InChI is InChI=1S/C19H23ClN2O4S2/c1-14(19(23)21-11-12-27-16-7-5-4-6-8-16)22(28(3,24)25)17-13-15(20)9-10-18(17)26-2/h4-10,13-14H,11-12H2,1-3H3,(H,21,23). The van der Waals surface area contributed by atoms with Gasteiger partial charge in [-0.2, -0.15) is 0 Å². The van der Waals surface area contributed by atoms with Gasteiger partial charge in [-0.15, -0.1) is 11.8 Å². The minimum absolute atomic E-state index is 0.221. The summed E-state index contributed by atoms with van der Waals surface area (Å²) < 4.78 is 31.1. The Balaban J connectivity index is 2.09. The number of carbonyl (C=O) groups is 1. The Morgan fingerprint density at radius 3 is 2.54 bits per heavy atom. The van der Waals surface area contributed by atoms with E-state index in [-0.39, 0.29) is 5.69 Å². The summed E-state index contributed by atoms with van der Waals surface area (Å²) in [7, 11) is -2.33. The second-order valence-corrected chi connectivity index (χ2v) is 9.47. The molecule has 1 unspecified atom stereocenters. The summed E-state index contributed by atoms with van der Waals surface area (Å²) in [4.78, 5) is 13.7. The molecule has 0 aromatic heterocycles. The number of thioether (sulfide) groups is 1. The zero-order valence-electron chi connectivity index (χ0n) is 15.9. The van der Waals surface area contributed by atoms with Crippen LogP contribution in [0.5, 0.6) is 5.75 Å². The molecule has 1 amide bonds. The van der Waals surface area contributed by atoms with Crippen molar-refractivity contribution in [2.75, 3.05) is 30.0 Å². The molecule has 0 saturated heterocycles. The Morgan fingerprint density at radius 2 is 1.93 bits per heavy atom. The Labute approximate surface area is 175 Å². The average Bonchev–Trinajstić information content (AvgIpc) is 2.65. The number of nitrogens with one attached hydrogen (secondary N) is 1. The summed E-state index contributed by atoms with van der Waals surface area (Å²) in [5.74, 6) is 0.581. The Kier molecular flexibility index (Phi) is 8.03. The molecule has 0 aliphatic rings. The molecule has 152 valence electrons. The molecule has 0 fully saturated rings. The third-order valence-corrected chi connectivity index (χ3v) is 6.36. The topological polar surface area (TPSA) is 75.7 Å². The lowest BCUT2D eigenvalue weighted by Crippen LogP contribution is -2.48. The van der Waals surface area contributed by atoms with Crippen molar-refractivity contribution in [2.24, 2.45) is 0 Å². The first-order valence-electron chi connectivity index (χ1n) is 8.52. The van der Waals surface area contributed by atoms with Crippen molar-refractivity contribution in [3.8, 4) is 5.75 Å². The van der Waals surface area contributed by atoms with Crippen LogP contribution < -0.4 is 14.4 Å². The van der Waals surface area contributed by atoms with Crippen molar-refractivity contribution in [3.63, 3.8) is 0 Å². The molecule has 9 heteroatoms. The zero-order valence-corrected chi connectivity index (χ0v) is 18.3. The largest absolute Gasteiger partial charge is 0.495 e. The number of ether oxygens (including phenoxy) is 1. The number of benzene rings is 2. The Morgan fingerprint density at radius 1 is 1.25 bits per heavy atom. The van der Waals surface area contributed by atoms with Gasteiger partial charge in [-0.05, 0) is 37.3 Å². The van der Waals surface area contributed by atoms with Gasteiger partial charge < -0.3 is 10.1 Å². The van der Waals surface area contributed by atoms with Gasteiger partial charge in [-0.3, -0.25) is 9.10 Å². The summed E-state index contributed by atoms with van der Waals surface area (Å²) in [5, 5.41) is 3.13. The van der Waals surface area contributed by atoms with Crippen LogP contribution in [0.2, 0.25) is 5.02 Å². The summed E-state index contributed by atoms with van der Waals surface area (Å²) in [6.07, 6.45) is 1.04. The van der Waals surface area contributed by atoms with Crippen LogP contribution in [0.3, 0.4) is 0 Å². The van der Waals surface area contributed by atoms with Gasteiger partial charge in [0.1, 0.15) is 11.8 Å². The van der Waals surface area contributed by atoms with E-state index in [2.05, 4.69) is 5.32 Å². The number of rotatable bonds is 9. The molecule has 0 saturated carbocycles. The minimum Gasteiger partial charge on any atom is -0.495 e. The number of amides is 1. The van der Waals surface area contributed by atoms with Crippen LogP contribution in [0.15, 0.2) is 53.4 Å². The van der Waals surface area contributed by atoms with Crippen molar-refractivity contribution in [1.29, 1.82) is 0 Å². The molecule has 28 heavy (non-hydrogen) atoms. The highest BCUT2D eigenvalue weighted by molar-refractivity contribution is 7.99. The van der Waals surface area contributed by atoms with Crippen LogP contribution in [-0.4, -0.2) is 46.0 Å². The van der Waals surface area contributed by atoms with E-state index in [0.717, 1.165) is 15.5 Å². The van der Waals surface area contributed by atoms with Crippen molar-refractivity contribution in [3.05, 3.63) is 53.6 Å². The van der Waals surface area contributed by atoms with Crippen LogP contribution in [0.1, 0.15) is 6.92 Å². The summed E-state index contributed by atoms with van der Waals surface area (Å²) in [6, 6.07) is 13.5. The van der Waals surface area contributed by atoms with Gasteiger partial charge in [-0.1, -0.05) is 29.8 Å². The maximum absolute atomic E-state index is 12.6. The molecule has 0 radical (unpaired) electrons. The number of anilines is 1. The second kappa shape index (κ2) is 10.0. The van der Waals surface area contributed by atoms with Crippen molar-refractivity contribution >= 4 is 45.0 Å². The smallest absolute Gasteiger partial charge is 0.243 e. The van der Waals surface area contributed by atoms with Gasteiger partial charge >= 0.3 is 0 Å². The highest BCUT2D eigenvalue weighted by atomic mass is 35.5. The van der Waals surface area contributed by atoms with E-state index in [9.17, 15) is 13.2 Å². The van der Waals surface area contributed by atoms with Crippen LogP contribution in [0.4, 0.5) is 5.69 Å². The lowest BCUT2D eigenvalue weighted by molar-refractivity contribution is -0.121. The molecule has 0 bridgehead atoms. The van der Waals surface area contributed by atoms with E-state index in [1.807, 2.05) is 30.3 Å². The molecule has 0 heterocycles. The van der Waals surface area contributed by atoms with Gasteiger partial charge in [0.25, 0.3) is 0 Å². The molecule has 1 N–H and O–H groups in total. The molecule has 2 aromatic rings. The molecular formula is C19H23ClN2O4S2. The lowest BCUT2D eigenvalue weighted by atomic mass is 10.2. The van der Waals surface area contributed by atoms with Crippen LogP contribution in [0, 0.1) is 0 Å². The molecule has 0 spiro atoms. The van der Waals surface area contributed by atoms with Crippen LogP contribution >= 0.6 is 23.4 Å². The first kappa shape index (κ1) is 22.4. The van der Waals surface area contributed by atoms with Crippen LogP contribution in [0.25, 0.3) is 0 Å². The number of sulfonamides is 1. The molecule has 0 aliphatic carbocycles. The molecule has 6 nitrogen and oxygen atoms in total. The normalized spacial score (nSPS) is 12.3. The minimum atomic E-state index is -3.76. The fraction of sp³-hybridized carbons (Fsp3) is 0.316. The van der Waals surface area contributed by atoms with E-state index in [1.54, 1.807) is 23.9 Å². The summed E-state index contributed by atoms with van der Waals surface area (Å²) >= 11 is 7.64. The van der Waals surface area contributed by atoms with Crippen LogP contribution in [-0.2, 0) is 14.8 Å². The Hall–Kier alpha value is -1.90. The third kappa shape index (κ3) is 6.05. The fourth-order valence-electron chi connectivity index (χ4n) is 2.62. The highest BCUT2D eigenvalue weighted by Gasteiger charge is 2.31. The first-order valence-corrected chi connectivity index (χ1v) is 11.7. The average molecular weight is 443 g/mol. The number of carbonyl (C=O) groups excluding carboxylic acids is 1. The molecular weight excluding hydrogens is 420 g/mol. The summed E-state index contributed by atoms with van der Waals surface area (Å²) in [6.45, 7) is 1.94. The number of hydrogen-bond donors (Lipinski definition) is 1. The van der Waals surface area contributed by atoms with Crippen molar-refractivity contribution in [2.45, 2.75) is 17.9 Å². The van der Waals surface area contributed by atoms with Gasteiger partial charge in [0, 0.05) is 22.2 Å². The van der Waals surface area contributed by atoms with E-state index in [1.165, 1.54) is 20.1 Å². The van der Waals surface area contributed by atoms with Gasteiger partial charge in [0.05, 0.1) is 19.1 Å². The van der Waals surface area contributed by atoms with Gasteiger partial charge in [0.2, 0.25) is 15.9 Å². The molecule has 2 aromatic carbocycles. The molecule has 0 aliphatic heterocycles. The molecule has 2 rings (SSSR count). The van der Waals surface area contributed by atoms with E-state index < -0.39 is 22.0 Å². The van der Waals surface area contributed by atoms with Gasteiger partial charge in [-0.25, -0.2) is 8.42 Å². The highest BCUT2D eigenvalue weighted by Crippen LogP contribution is 2.34. The number of nitrogens with zero attached hydrogens (tertiary/aromatic N) is 1. The maximum atomic E-state index is 12.6. The SMILES string of the molecule is COc1ccc(Cl)cc1N(C(C)C(=O)NCCSc1ccccc1)S(C)(=O)=O. The third-order valence-electron chi connectivity index (χ3n) is 3.88. The first-order chi connectivity index (χ1) is 13.2. The van der Waals surface area contributed by atoms with E-state index >= 15 is 0 Å². The zero-order chi connectivity index (χ0) is 20.7. The number of hydrogen-bond acceptors (Lipinski definition) is 5. The quantitative estimate of drug-likeness (QED) is 0.475. The number of halogens is 1. The number of methoxy groups -OCH3 is 1. The summed E-state index contributed by atoms with van der Waals surface area (Å²) in [5.41, 5.74) is 0.221. The monoisotopic (exact) mass is 442 g/mol. The molecule has 1 atom stereocenters. The van der Waals surface area contributed by atoms with Gasteiger partial charge in [0.15, 0.2) is 0 Å². The second-order valence-electron chi connectivity index (χ2n) is 6.00. The van der Waals surface area contributed by atoms with Crippen molar-refractivity contribution < 1.29 is 17.9 Å².